The number of amides is 2. The fourth-order valence-electron chi connectivity index (χ4n) is 8.80. The van der Waals surface area contributed by atoms with Crippen LogP contribution in [0.15, 0.2) is 24.3 Å². The highest BCUT2D eigenvalue weighted by Crippen LogP contribution is 2.54. The third kappa shape index (κ3) is 6.82. The lowest BCUT2D eigenvalue weighted by atomic mass is 9.86. The molecule has 1 N–H and O–H groups in total. The molecule has 53 heavy (non-hydrogen) atoms. The maximum Gasteiger partial charge on any atom is 0.332 e. The van der Waals surface area contributed by atoms with Crippen molar-refractivity contribution >= 4 is 34.7 Å². The fourth-order valence-corrected chi connectivity index (χ4v) is 8.80. The molecule has 12 nitrogen and oxygen atoms in total. The van der Waals surface area contributed by atoms with E-state index < -0.39 is 46.5 Å². The number of ether oxygens (including phenoxy) is 5. The molecule has 1 aromatic carbocycles. The lowest BCUT2D eigenvalue weighted by Gasteiger charge is -2.37. The molecular weight excluding hydrogens is 678 g/mol. The number of benzene rings is 1. The Balaban J connectivity index is 1.16. The van der Waals surface area contributed by atoms with Crippen LogP contribution in [0.5, 0.6) is 17.2 Å². The second-order valence-electron chi connectivity index (χ2n) is 16.8. The Bertz CT molecular complexity index is 1860. The Kier molecular flexibility index (Phi) is 9.08. The zero-order chi connectivity index (χ0) is 37.1. The Labute approximate surface area is 310 Å². The van der Waals surface area contributed by atoms with Crippen LogP contribution < -0.4 is 19.5 Å². The first kappa shape index (κ1) is 35.7. The van der Waals surface area contributed by atoms with Gasteiger partial charge in [-0.05, 0) is 91.2 Å². The number of rotatable bonds is 5. The van der Waals surface area contributed by atoms with Gasteiger partial charge in [0.2, 0.25) is 18.6 Å². The third-order valence-corrected chi connectivity index (χ3v) is 11.6. The molecule has 2 aromatic rings. The van der Waals surface area contributed by atoms with Gasteiger partial charge in [-0.25, -0.2) is 9.78 Å². The number of hydrogen-bond donors (Lipinski definition) is 1. The second-order valence-corrected chi connectivity index (χ2v) is 16.8. The van der Waals surface area contributed by atoms with Gasteiger partial charge in [-0.1, -0.05) is 25.0 Å². The van der Waals surface area contributed by atoms with Gasteiger partial charge in [0.15, 0.2) is 11.5 Å². The summed E-state index contributed by atoms with van der Waals surface area (Å²) in [6.45, 7) is 7.68. The predicted molar refractivity (Wildman–Crippen MR) is 193 cm³/mol. The molecule has 8 rings (SSSR count). The second kappa shape index (κ2) is 13.5. The van der Waals surface area contributed by atoms with Crippen molar-refractivity contribution in [2.75, 3.05) is 19.9 Å². The standard InChI is InChI=1S/C41H51N3O9/c1-5-49-38(48)41-20-26(41)12-10-8-6-7-9-11-25(19-31(45)52-39(2,3)4)37(47)44-22-40(21-29(44)36(46)43-41)18-17-27-32-28(15-16-30-35(32)51-23-50-30)42-33(24-13-14-24)34(27)53-40/h10,12,15-16,24-26,29H,5-9,11,13-14,17-23H2,1-4H3,(H,43,46)/b12-10-/t25-,26-,29+,40-,41-/m1/s1. The highest BCUT2D eigenvalue weighted by atomic mass is 16.7. The van der Waals surface area contributed by atoms with E-state index in [-0.39, 0.29) is 50.5 Å². The molecule has 0 bridgehead atoms. The van der Waals surface area contributed by atoms with E-state index in [0.717, 1.165) is 60.7 Å². The molecule has 3 fully saturated rings. The third-order valence-electron chi connectivity index (χ3n) is 11.6. The monoisotopic (exact) mass is 729 g/mol. The van der Waals surface area contributed by atoms with Crippen LogP contribution in [-0.4, -0.2) is 76.4 Å². The first-order valence-corrected chi connectivity index (χ1v) is 19.5. The number of esters is 2. The van der Waals surface area contributed by atoms with Crippen molar-refractivity contribution < 1.29 is 42.9 Å². The van der Waals surface area contributed by atoms with Gasteiger partial charge in [0, 0.05) is 29.7 Å². The van der Waals surface area contributed by atoms with Gasteiger partial charge in [0.05, 0.1) is 36.2 Å². The van der Waals surface area contributed by atoms with E-state index in [1.54, 1.807) is 11.8 Å². The molecule has 2 amide bonds. The van der Waals surface area contributed by atoms with Gasteiger partial charge in [-0.2, -0.15) is 0 Å². The summed E-state index contributed by atoms with van der Waals surface area (Å²) >= 11 is 0. The van der Waals surface area contributed by atoms with E-state index in [9.17, 15) is 19.2 Å². The first-order chi connectivity index (χ1) is 25.4. The average molecular weight is 730 g/mol. The number of fused-ring (bicyclic) bond motifs is 7. The van der Waals surface area contributed by atoms with E-state index in [2.05, 4.69) is 11.4 Å². The van der Waals surface area contributed by atoms with Gasteiger partial charge < -0.3 is 33.9 Å². The zero-order valence-electron chi connectivity index (χ0n) is 31.3. The van der Waals surface area contributed by atoms with Crippen molar-refractivity contribution in [3.8, 4) is 17.2 Å². The fraction of sp³-hybridized carbons (Fsp3) is 0.634. The number of allylic oxidation sites excluding steroid dienone is 1. The van der Waals surface area contributed by atoms with Gasteiger partial charge in [0.1, 0.15) is 28.5 Å². The summed E-state index contributed by atoms with van der Waals surface area (Å²) in [5.74, 6) is -0.125. The molecule has 1 aromatic heterocycles. The van der Waals surface area contributed by atoms with Gasteiger partial charge in [0.25, 0.3) is 0 Å². The van der Waals surface area contributed by atoms with Crippen LogP contribution in [0.2, 0.25) is 0 Å². The van der Waals surface area contributed by atoms with Crippen molar-refractivity contribution in [2.45, 2.75) is 133 Å². The number of pyridine rings is 1. The number of nitrogens with one attached hydrogen (secondary N) is 1. The molecule has 12 heteroatoms. The number of aryl methyl sites for hydroxylation is 1. The highest BCUT2D eigenvalue weighted by Gasteiger charge is 2.63. The smallest absolute Gasteiger partial charge is 0.332 e. The molecule has 0 unspecified atom stereocenters. The predicted octanol–water partition coefficient (Wildman–Crippen LogP) is 5.81. The van der Waals surface area contributed by atoms with Crippen LogP contribution in [-0.2, 0) is 35.1 Å². The van der Waals surface area contributed by atoms with E-state index in [0.29, 0.717) is 42.9 Å². The summed E-state index contributed by atoms with van der Waals surface area (Å²) in [5.41, 5.74) is -0.0169. The van der Waals surface area contributed by atoms with Crippen LogP contribution in [0, 0.1) is 11.8 Å². The normalized spacial score (nSPS) is 30.3. The Morgan fingerprint density at radius 2 is 1.89 bits per heavy atom. The summed E-state index contributed by atoms with van der Waals surface area (Å²) in [7, 11) is 0. The maximum absolute atomic E-state index is 14.8. The first-order valence-electron chi connectivity index (χ1n) is 19.5. The molecule has 284 valence electrons. The van der Waals surface area contributed by atoms with Crippen molar-refractivity contribution in [3.05, 3.63) is 35.5 Å². The summed E-state index contributed by atoms with van der Waals surface area (Å²) in [6.07, 6.45) is 11.7. The molecule has 1 saturated heterocycles. The average Bonchev–Trinajstić information content (AvgIpc) is 3.99. The molecule has 5 heterocycles. The summed E-state index contributed by atoms with van der Waals surface area (Å²) in [5, 5.41) is 3.97. The van der Waals surface area contributed by atoms with E-state index in [1.165, 1.54) is 0 Å². The van der Waals surface area contributed by atoms with Crippen molar-refractivity contribution in [2.24, 2.45) is 11.8 Å². The summed E-state index contributed by atoms with van der Waals surface area (Å²) in [4.78, 5) is 62.8. The van der Waals surface area contributed by atoms with Gasteiger partial charge in [-0.3, -0.25) is 14.4 Å². The SMILES string of the molecule is CCOC(=O)[C@@]12C[C@H]1/C=C\CCCCC[C@H](CC(=O)OC(C)(C)C)C(=O)N1C[C@@]3(CCc4c(c(C5CC5)nc5ccc6c(c45)OCO6)O3)C[C@H]1C(=O)N2. The molecule has 4 aliphatic heterocycles. The molecule has 5 atom stereocenters. The lowest BCUT2D eigenvalue weighted by molar-refractivity contribution is -0.159. The number of hydrogen-bond acceptors (Lipinski definition) is 10. The van der Waals surface area contributed by atoms with Crippen molar-refractivity contribution in [1.82, 2.24) is 15.2 Å². The highest BCUT2D eigenvalue weighted by molar-refractivity contribution is 5.97. The van der Waals surface area contributed by atoms with Crippen molar-refractivity contribution in [1.29, 1.82) is 0 Å². The lowest BCUT2D eigenvalue weighted by Crippen LogP contribution is -2.54. The number of carbonyl (C=O) groups is 4. The summed E-state index contributed by atoms with van der Waals surface area (Å²) in [6, 6.07) is 2.94. The summed E-state index contributed by atoms with van der Waals surface area (Å²) < 4.78 is 30.0. The topological polar surface area (TPSA) is 143 Å². The van der Waals surface area contributed by atoms with E-state index in [1.807, 2.05) is 39.0 Å². The molecule has 2 saturated carbocycles. The minimum atomic E-state index is -1.19. The number of carbonyl (C=O) groups excluding carboxylic acids is 4. The minimum absolute atomic E-state index is 0.0821. The largest absolute Gasteiger partial charge is 0.483 e. The molecule has 6 aliphatic rings. The molecule has 0 radical (unpaired) electrons. The Morgan fingerprint density at radius 3 is 2.66 bits per heavy atom. The van der Waals surface area contributed by atoms with Crippen molar-refractivity contribution in [3.63, 3.8) is 0 Å². The zero-order valence-corrected chi connectivity index (χ0v) is 31.3. The van der Waals surface area contributed by atoms with Crippen LogP contribution >= 0.6 is 0 Å². The van der Waals surface area contributed by atoms with E-state index >= 15 is 0 Å². The van der Waals surface area contributed by atoms with E-state index in [4.69, 9.17) is 28.7 Å². The number of nitrogens with zero attached hydrogens (tertiary/aromatic N) is 2. The van der Waals surface area contributed by atoms with Crippen LogP contribution in [0.1, 0.15) is 115 Å². The van der Waals surface area contributed by atoms with Gasteiger partial charge in [-0.15, -0.1) is 0 Å². The van der Waals surface area contributed by atoms with Gasteiger partial charge >= 0.3 is 11.9 Å². The quantitative estimate of drug-likeness (QED) is 0.296. The Morgan fingerprint density at radius 1 is 1.06 bits per heavy atom. The van der Waals surface area contributed by atoms with Crippen LogP contribution in [0.3, 0.4) is 0 Å². The molecule has 1 spiro atoms. The van der Waals surface area contributed by atoms with Crippen LogP contribution in [0.25, 0.3) is 10.9 Å². The molecule has 2 aliphatic carbocycles. The molecular formula is C41H51N3O9. The Hall–Kier alpha value is -4.35. The van der Waals surface area contributed by atoms with Crippen LogP contribution in [0.4, 0.5) is 0 Å². The minimum Gasteiger partial charge on any atom is -0.483 e. The maximum atomic E-state index is 14.8. The number of aromatic nitrogens is 1.